The molecule has 0 aliphatic rings. The lowest BCUT2D eigenvalue weighted by Gasteiger charge is -1.99. The maximum atomic E-state index is 4.44. The number of rotatable bonds is 1. The third kappa shape index (κ3) is 1.78. The first-order valence-corrected chi connectivity index (χ1v) is 6.37. The quantitative estimate of drug-likeness (QED) is 0.493. The Morgan fingerprint density at radius 3 is 2.60 bits per heavy atom. The lowest BCUT2D eigenvalue weighted by molar-refractivity contribution is -0.594. The van der Waals surface area contributed by atoms with Crippen LogP contribution in [-0.4, -0.2) is 15.0 Å². The second-order valence-electron chi connectivity index (χ2n) is 4.57. The Morgan fingerprint density at radius 1 is 0.800 bits per heavy atom. The first-order chi connectivity index (χ1) is 9.90. The van der Waals surface area contributed by atoms with Gasteiger partial charge in [-0.05, 0) is 24.3 Å². The maximum absolute atomic E-state index is 4.44. The zero-order chi connectivity index (χ0) is 13.4. The van der Waals surface area contributed by atoms with E-state index in [1.54, 1.807) is 12.4 Å². The zero-order valence-corrected chi connectivity index (χ0v) is 10.6. The second-order valence-corrected chi connectivity index (χ2v) is 4.57. The second kappa shape index (κ2) is 4.35. The standard InChI is InChI=1S/C16H11N4/c1-3-12-11-20(8-5-14(12)17-6-1)13-9-16-15(19-10-13)4-2-7-18-16/h1-11H/q+1. The number of pyridine rings is 4. The van der Waals surface area contributed by atoms with Crippen molar-refractivity contribution >= 4 is 21.9 Å². The third-order valence-electron chi connectivity index (χ3n) is 3.28. The summed E-state index contributed by atoms with van der Waals surface area (Å²) in [5, 5.41) is 1.09. The molecule has 0 N–H and O–H groups in total. The highest BCUT2D eigenvalue weighted by atomic mass is 15.0. The molecule has 4 rings (SSSR count). The van der Waals surface area contributed by atoms with Crippen LogP contribution in [0, 0.1) is 0 Å². The highest BCUT2D eigenvalue weighted by Crippen LogP contribution is 2.11. The lowest BCUT2D eigenvalue weighted by atomic mass is 10.2. The molecule has 4 heterocycles. The van der Waals surface area contributed by atoms with Gasteiger partial charge in [0.2, 0.25) is 5.69 Å². The molecule has 0 fully saturated rings. The van der Waals surface area contributed by atoms with Crippen molar-refractivity contribution in [3.05, 3.63) is 67.4 Å². The number of fused-ring (bicyclic) bond motifs is 2. The average molecular weight is 259 g/mol. The third-order valence-corrected chi connectivity index (χ3v) is 3.28. The predicted octanol–water partition coefficient (Wildman–Crippen LogP) is 2.45. The Bertz CT molecular complexity index is 841. The summed E-state index contributed by atoms with van der Waals surface area (Å²) < 4.78 is 2.03. The summed E-state index contributed by atoms with van der Waals surface area (Å²) in [5.41, 5.74) is 3.76. The molecular weight excluding hydrogens is 248 g/mol. The summed E-state index contributed by atoms with van der Waals surface area (Å²) in [5.74, 6) is 0. The molecule has 0 aliphatic heterocycles. The Balaban J connectivity index is 1.91. The summed E-state index contributed by atoms with van der Waals surface area (Å²) in [4.78, 5) is 13.1. The molecule has 94 valence electrons. The van der Waals surface area contributed by atoms with E-state index < -0.39 is 0 Å². The Labute approximate surface area is 115 Å². The molecule has 0 saturated heterocycles. The fourth-order valence-electron chi connectivity index (χ4n) is 2.27. The molecule has 4 aromatic rings. The molecule has 0 unspecified atom stereocenters. The molecule has 0 radical (unpaired) electrons. The van der Waals surface area contributed by atoms with E-state index in [2.05, 4.69) is 15.0 Å². The van der Waals surface area contributed by atoms with Crippen LogP contribution < -0.4 is 4.57 Å². The van der Waals surface area contributed by atoms with Gasteiger partial charge in [0.15, 0.2) is 12.4 Å². The summed E-state index contributed by atoms with van der Waals surface area (Å²) >= 11 is 0. The molecule has 0 bridgehead atoms. The fraction of sp³-hybridized carbons (Fsp3) is 0. The van der Waals surface area contributed by atoms with Crippen molar-refractivity contribution in [3.63, 3.8) is 0 Å². The van der Waals surface area contributed by atoms with E-state index in [0.29, 0.717) is 0 Å². The van der Waals surface area contributed by atoms with Crippen LogP contribution in [0.15, 0.2) is 67.4 Å². The number of hydrogen-bond acceptors (Lipinski definition) is 3. The van der Waals surface area contributed by atoms with Gasteiger partial charge in [-0.2, -0.15) is 4.57 Å². The minimum Gasteiger partial charge on any atom is -0.256 e. The van der Waals surface area contributed by atoms with Crippen LogP contribution in [0.25, 0.3) is 27.6 Å². The van der Waals surface area contributed by atoms with Crippen molar-refractivity contribution in [2.75, 3.05) is 0 Å². The average Bonchev–Trinajstić information content (AvgIpc) is 2.54. The van der Waals surface area contributed by atoms with E-state index in [1.165, 1.54) is 0 Å². The molecule has 0 aromatic carbocycles. The first-order valence-electron chi connectivity index (χ1n) is 6.37. The van der Waals surface area contributed by atoms with E-state index in [0.717, 1.165) is 27.6 Å². The Hall–Kier alpha value is -2.88. The molecule has 4 aromatic heterocycles. The summed E-state index contributed by atoms with van der Waals surface area (Å²) in [6.45, 7) is 0. The molecule has 20 heavy (non-hydrogen) atoms. The number of nitrogens with zero attached hydrogens (tertiary/aromatic N) is 4. The maximum Gasteiger partial charge on any atom is 0.231 e. The van der Waals surface area contributed by atoms with Gasteiger partial charge in [0.05, 0.1) is 28.1 Å². The largest absolute Gasteiger partial charge is 0.256 e. The Kier molecular flexibility index (Phi) is 2.39. The SMILES string of the molecule is c1cnc2cc[n+](-c3cnc4cccnc4c3)cc2c1. The molecule has 0 amide bonds. The molecule has 0 aliphatic carbocycles. The minimum atomic E-state index is 0.892. The van der Waals surface area contributed by atoms with Gasteiger partial charge < -0.3 is 0 Å². The first kappa shape index (κ1) is 11.0. The van der Waals surface area contributed by atoms with E-state index in [4.69, 9.17) is 0 Å². The lowest BCUT2D eigenvalue weighted by Crippen LogP contribution is -2.29. The van der Waals surface area contributed by atoms with Crippen LogP contribution in [0.1, 0.15) is 0 Å². The topological polar surface area (TPSA) is 42.5 Å². The highest BCUT2D eigenvalue weighted by molar-refractivity contribution is 5.76. The van der Waals surface area contributed by atoms with Crippen molar-refractivity contribution in [1.29, 1.82) is 0 Å². The monoisotopic (exact) mass is 259 g/mol. The van der Waals surface area contributed by atoms with E-state index >= 15 is 0 Å². The Morgan fingerprint density at radius 2 is 1.65 bits per heavy atom. The van der Waals surface area contributed by atoms with E-state index in [1.807, 2.05) is 59.6 Å². The van der Waals surface area contributed by atoms with Crippen LogP contribution in [0.4, 0.5) is 0 Å². The van der Waals surface area contributed by atoms with Crippen LogP contribution in [0.2, 0.25) is 0 Å². The van der Waals surface area contributed by atoms with Gasteiger partial charge in [0.1, 0.15) is 0 Å². The van der Waals surface area contributed by atoms with Gasteiger partial charge in [-0.3, -0.25) is 9.97 Å². The molecule has 4 nitrogen and oxygen atoms in total. The minimum absolute atomic E-state index is 0.892. The van der Waals surface area contributed by atoms with Gasteiger partial charge in [-0.25, -0.2) is 4.98 Å². The van der Waals surface area contributed by atoms with Crippen molar-refractivity contribution < 1.29 is 4.57 Å². The highest BCUT2D eigenvalue weighted by Gasteiger charge is 2.09. The van der Waals surface area contributed by atoms with Crippen molar-refractivity contribution in [2.45, 2.75) is 0 Å². The summed E-state index contributed by atoms with van der Waals surface area (Å²) in [6.07, 6.45) is 9.47. The fourth-order valence-corrected chi connectivity index (χ4v) is 2.27. The van der Waals surface area contributed by atoms with Crippen molar-refractivity contribution in [1.82, 2.24) is 15.0 Å². The van der Waals surface area contributed by atoms with Crippen molar-refractivity contribution in [2.24, 2.45) is 0 Å². The van der Waals surface area contributed by atoms with Gasteiger partial charge in [-0.15, -0.1) is 0 Å². The molecule has 0 spiro atoms. The normalized spacial score (nSPS) is 11.0. The zero-order valence-electron chi connectivity index (χ0n) is 10.6. The molecule has 0 saturated carbocycles. The van der Waals surface area contributed by atoms with Crippen molar-refractivity contribution in [3.8, 4) is 5.69 Å². The molecule has 0 atom stereocenters. The van der Waals surface area contributed by atoms with Gasteiger partial charge in [0.25, 0.3) is 0 Å². The number of aromatic nitrogens is 4. The molecular formula is C16H11N4+. The predicted molar refractivity (Wildman–Crippen MR) is 76.4 cm³/mol. The smallest absolute Gasteiger partial charge is 0.231 e. The summed E-state index contributed by atoms with van der Waals surface area (Å²) in [6, 6.07) is 11.9. The summed E-state index contributed by atoms with van der Waals surface area (Å²) in [7, 11) is 0. The van der Waals surface area contributed by atoms with Gasteiger partial charge >= 0.3 is 0 Å². The molecule has 4 heteroatoms. The van der Waals surface area contributed by atoms with E-state index in [9.17, 15) is 0 Å². The van der Waals surface area contributed by atoms with Crippen LogP contribution in [0.5, 0.6) is 0 Å². The van der Waals surface area contributed by atoms with Crippen LogP contribution in [0.3, 0.4) is 0 Å². The number of hydrogen-bond donors (Lipinski definition) is 0. The van der Waals surface area contributed by atoms with Gasteiger partial charge in [-0.1, -0.05) is 0 Å². The van der Waals surface area contributed by atoms with Gasteiger partial charge in [0, 0.05) is 24.5 Å². The van der Waals surface area contributed by atoms with Crippen LogP contribution >= 0.6 is 0 Å². The van der Waals surface area contributed by atoms with Crippen LogP contribution in [-0.2, 0) is 0 Å². The van der Waals surface area contributed by atoms with E-state index in [-0.39, 0.29) is 0 Å².